The van der Waals surface area contributed by atoms with E-state index in [9.17, 15) is 14.4 Å². The number of nitrogens with zero attached hydrogens (tertiary/aromatic N) is 1. The molecule has 0 aromatic heterocycles. The zero-order chi connectivity index (χ0) is 20.3. The summed E-state index contributed by atoms with van der Waals surface area (Å²) in [7, 11) is 0. The molecule has 0 unspecified atom stereocenters. The van der Waals surface area contributed by atoms with E-state index in [4.69, 9.17) is 33.7 Å². The Morgan fingerprint density at radius 1 is 1.21 bits per heavy atom. The minimum absolute atomic E-state index is 0.0342. The predicted octanol–water partition coefficient (Wildman–Crippen LogP) is 2.63. The number of benzene rings is 2. The summed E-state index contributed by atoms with van der Waals surface area (Å²) in [5.74, 6) is -2.03. The summed E-state index contributed by atoms with van der Waals surface area (Å²) < 4.78 is 5.11. The molecule has 1 aliphatic rings. The molecule has 0 bridgehead atoms. The molecule has 1 heterocycles. The number of thiocarbonyl (C=S) groups is 1. The number of hydrogen-bond acceptors (Lipinski definition) is 5. The Labute approximate surface area is 170 Å². The van der Waals surface area contributed by atoms with E-state index in [1.54, 1.807) is 42.5 Å². The van der Waals surface area contributed by atoms with Gasteiger partial charge in [-0.3, -0.25) is 19.8 Å². The largest absolute Gasteiger partial charge is 0.482 e. The predicted molar refractivity (Wildman–Crippen MR) is 107 cm³/mol. The lowest BCUT2D eigenvalue weighted by Crippen LogP contribution is -2.54. The second-order valence-electron chi connectivity index (χ2n) is 5.69. The summed E-state index contributed by atoms with van der Waals surface area (Å²) in [6, 6.07) is 12.8. The molecule has 0 aliphatic carbocycles. The van der Waals surface area contributed by atoms with Crippen LogP contribution in [0.1, 0.15) is 5.56 Å². The second kappa shape index (κ2) is 8.20. The molecule has 2 N–H and O–H groups in total. The lowest BCUT2D eigenvalue weighted by Gasteiger charge is -2.29. The van der Waals surface area contributed by atoms with Gasteiger partial charge in [0.15, 0.2) is 11.7 Å². The molecule has 28 heavy (non-hydrogen) atoms. The Balaban J connectivity index is 1.92. The smallest absolute Gasteiger partial charge is 0.341 e. The van der Waals surface area contributed by atoms with Crippen LogP contribution in [0.5, 0.6) is 5.75 Å². The number of halogens is 1. The molecule has 1 saturated heterocycles. The van der Waals surface area contributed by atoms with Crippen LogP contribution >= 0.6 is 23.8 Å². The monoisotopic (exact) mass is 416 g/mol. The van der Waals surface area contributed by atoms with Gasteiger partial charge in [0, 0.05) is 5.02 Å². The van der Waals surface area contributed by atoms with Crippen LogP contribution in [0, 0.1) is 0 Å². The van der Waals surface area contributed by atoms with E-state index in [1.165, 1.54) is 17.0 Å². The standard InChI is InChI=1S/C19H13ClN2O5S/c20-12-4-6-13(7-5-12)22-18(26)15(17(25)21-19(22)28)9-11-2-1-3-14(8-11)27-10-16(23)24/h1-9H,10H2,(H,23,24)(H,21,25,28)/b15-9-. The Morgan fingerprint density at radius 2 is 1.93 bits per heavy atom. The number of carboxylic acids is 1. The van der Waals surface area contributed by atoms with E-state index in [0.717, 1.165) is 0 Å². The van der Waals surface area contributed by atoms with Crippen molar-refractivity contribution in [2.75, 3.05) is 11.5 Å². The first kappa shape index (κ1) is 19.5. The van der Waals surface area contributed by atoms with Crippen molar-refractivity contribution in [2.24, 2.45) is 0 Å². The molecule has 0 saturated carbocycles. The van der Waals surface area contributed by atoms with Crippen molar-refractivity contribution in [2.45, 2.75) is 0 Å². The number of rotatable bonds is 5. The average Bonchev–Trinajstić information content (AvgIpc) is 2.65. The molecule has 2 aromatic carbocycles. The molecule has 2 aromatic rings. The van der Waals surface area contributed by atoms with Crippen LogP contribution in [0.2, 0.25) is 5.02 Å². The molecule has 0 radical (unpaired) electrons. The fourth-order valence-electron chi connectivity index (χ4n) is 2.49. The third-order valence-electron chi connectivity index (χ3n) is 3.72. The molecule has 1 fully saturated rings. The van der Waals surface area contributed by atoms with Gasteiger partial charge in [0.1, 0.15) is 11.3 Å². The maximum absolute atomic E-state index is 12.9. The van der Waals surface area contributed by atoms with Gasteiger partial charge < -0.3 is 9.84 Å². The lowest BCUT2D eigenvalue weighted by atomic mass is 10.1. The van der Waals surface area contributed by atoms with Crippen molar-refractivity contribution in [3.8, 4) is 5.75 Å². The highest BCUT2D eigenvalue weighted by Crippen LogP contribution is 2.24. The Morgan fingerprint density at radius 3 is 2.61 bits per heavy atom. The van der Waals surface area contributed by atoms with Gasteiger partial charge in [-0.25, -0.2) is 4.79 Å². The third-order valence-corrected chi connectivity index (χ3v) is 4.25. The highest BCUT2D eigenvalue weighted by atomic mass is 35.5. The van der Waals surface area contributed by atoms with Crippen LogP contribution in [0.3, 0.4) is 0 Å². The number of amides is 2. The van der Waals surface area contributed by atoms with Gasteiger partial charge in [-0.1, -0.05) is 23.7 Å². The second-order valence-corrected chi connectivity index (χ2v) is 6.51. The van der Waals surface area contributed by atoms with E-state index in [0.29, 0.717) is 22.0 Å². The van der Waals surface area contributed by atoms with Gasteiger partial charge >= 0.3 is 5.97 Å². The van der Waals surface area contributed by atoms with Crippen molar-refractivity contribution in [3.05, 3.63) is 64.7 Å². The normalized spacial score (nSPS) is 15.5. The number of carbonyl (C=O) groups excluding carboxylic acids is 2. The van der Waals surface area contributed by atoms with Gasteiger partial charge in [0.2, 0.25) is 0 Å². The number of anilines is 1. The molecular weight excluding hydrogens is 404 g/mol. The molecule has 0 spiro atoms. The summed E-state index contributed by atoms with van der Waals surface area (Å²) in [6.45, 7) is -0.502. The minimum atomic E-state index is -1.11. The highest BCUT2D eigenvalue weighted by Gasteiger charge is 2.34. The van der Waals surface area contributed by atoms with Crippen LogP contribution in [0.25, 0.3) is 6.08 Å². The molecular formula is C19H13ClN2O5S. The number of aliphatic carboxylic acids is 1. The van der Waals surface area contributed by atoms with E-state index < -0.39 is 24.4 Å². The lowest BCUT2D eigenvalue weighted by molar-refractivity contribution is -0.139. The first-order valence-electron chi connectivity index (χ1n) is 7.97. The van der Waals surface area contributed by atoms with Crippen LogP contribution in [-0.4, -0.2) is 34.6 Å². The van der Waals surface area contributed by atoms with Gasteiger partial charge in [-0.2, -0.15) is 0 Å². The van der Waals surface area contributed by atoms with Crippen molar-refractivity contribution in [3.63, 3.8) is 0 Å². The summed E-state index contributed by atoms with van der Waals surface area (Å²) in [5, 5.41) is 11.6. The quantitative estimate of drug-likeness (QED) is 0.442. The van der Waals surface area contributed by atoms with Gasteiger partial charge in [0.25, 0.3) is 11.8 Å². The SMILES string of the molecule is O=C(O)COc1cccc(/C=C2/C(=O)NC(=S)N(c3ccc(Cl)cc3)C2=O)c1. The van der Waals surface area contributed by atoms with E-state index in [2.05, 4.69) is 5.32 Å². The summed E-state index contributed by atoms with van der Waals surface area (Å²) >= 11 is 11.0. The third kappa shape index (κ3) is 4.36. The fraction of sp³-hybridized carbons (Fsp3) is 0.0526. The summed E-state index contributed by atoms with van der Waals surface area (Å²) in [4.78, 5) is 37.0. The number of carboxylic acid groups (broad SMARTS) is 1. The maximum Gasteiger partial charge on any atom is 0.341 e. The van der Waals surface area contributed by atoms with Crippen molar-refractivity contribution in [1.82, 2.24) is 5.32 Å². The van der Waals surface area contributed by atoms with Crippen LogP contribution in [0.4, 0.5) is 5.69 Å². The molecule has 142 valence electrons. The zero-order valence-electron chi connectivity index (χ0n) is 14.2. The van der Waals surface area contributed by atoms with Crippen LogP contribution in [-0.2, 0) is 14.4 Å². The van der Waals surface area contributed by atoms with Crippen LogP contribution < -0.4 is 15.0 Å². The Hall–Kier alpha value is -3.23. The summed E-state index contributed by atoms with van der Waals surface area (Å²) in [5.41, 5.74) is 0.827. The molecule has 7 nitrogen and oxygen atoms in total. The van der Waals surface area contributed by atoms with Gasteiger partial charge in [-0.05, 0) is 60.3 Å². The fourth-order valence-corrected chi connectivity index (χ4v) is 2.89. The van der Waals surface area contributed by atoms with Gasteiger partial charge in [-0.15, -0.1) is 0 Å². The minimum Gasteiger partial charge on any atom is -0.482 e. The first-order chi connectivity index (χ1) is 13.3. The zero-order valence-corrected chi connectivity index (χ0v) is 15.8. The van der Waals surface area contributed by atoms with Crippen molar-refractivity contribution < 1.29 is 24.2 Å². The number of ether oxygens (including phenoxy) is 1. The molecule has 9 heteroatoms. The van der Waals surface area contributed by atoms with Gasteiger partial charge in [0.05, 0.1) is 5.69 Å². The number of carbonyl (C=O) groups is 3. The maximum atomic E-state index is 12.9. The molecule has 2 amide bonds. The number of nitrogens with one attached hydrogen (secondary N) is 1. The van der Waals surface area contributed by atoms with Crippen LogP contribution in [0.15, 0.2) is 54.1 Å². The Kier molecular flexibility index (Phi) is 5.72. The summed E-state index contributed by atoms with van der Waals surface area (Å²) in [6.07, 6.45) is 1.38. The number of hydrogen-bond donors (Lipinski definition) is 2. The van der Waals surface area contributed by atoms with E-state index in [1.807, 2.05) is 0 Å². The molecule has 3 rings (SSSR count). The topological polar surface area (TPSA) is 95.9 Å². The average molecular weight is 417 g/mol. The Bertz CT molecular complexity index is 1000. The van der Waals surface area contributed by atoms with E-state index >= 15 is 0 Å². The molecule has 1 aliphatic heterocycles. The molecule has 0 atom stereocenters. The van der Waals surface area contributed by atoms with Crippen molar-refractivity contribution >= 4 is 58.5 Å². The first-order valence-corrected chi connectivity index (χ1v) is 8.75. The van der Waals surface area contributed by atoms with Crippen molar-refractivity contribution in [1.29, 1.82) is 0 Å². The highest BCUT2D eigenvalue weighted by molar-refractivity contribution is 7.80. The van der Waals surface area contributed by atoms with E-state index in [-0.39, 0.29) is 10.7 Å².